The standard InChI is InChI=1S/C15H23N3S2/c1-5-7-11-14(20-13(17-11)8-10(3)4)12-9-19-15(18-12)16-6-2/h9-10H,5-8H2,1-4H3,(H,16,18). The van der Waals surface area contributed by atoms with Gasteiger partial charge in [-0.25, -0.2) is 9.97 Å². The van der Waals surface area contributed by atoms with Crippen LogP contribution in [-0.2, 0) is 12.8 Å². The molecule has 0 saturated heterocycles. The molecule has 2 heterocycles. The molecule has 20 heavy (non-hydrogen) atoms. The first-order valence-corrected chi connectivity index (χ1v) is 9.02. The molecule has 5 heteroatoms. The normalized spacial score (nSPS) is 11.2. The average Bonchev–Trinajstić information content (AvgIpc) is 2.97. The maximum absolute atomic E-state index is 4.83. The van der Waals surface area contributed by atoms with Crippen LogP contribution in [0.3, 0.4) is 0 Å². The largest absolute Gasteiger partial charge is 0.362 e. The van der Waals surface area contributed by atoms with Crippen molar-refractivity contribution < 1.29 is 0 Å². The summed E-state index contributed by atoms with van der Waals surface area (Å²) in [6, 6.07) is 0. The van der Waals surface area contributed by atoms with Crippen LogP contribution in [0.25, 0.3) is 10.6 Å². The van der Waals surface area contributed by atoms with Crippen LogP contribution in [0, 0.1) is 5.92 Å². The molecule has 110 valence electrons. The molecule has 0 fully saturated rings. The Labute approximate surface area is 129 Å². The molecule has 3 nitrogen and oxygen atoms in total. The van der Waals surface area contributed by atoms with Crippen molar-refractivity contribution in [3.63, 3.8) is 0 Å². The van der Waals surface area contributed by atoms with E-state index in [-0.39, 0.29) is 0 Å². The van der Waals surface area contributed by atoms with E-state index in [1.807, 2.05) is 11.3 Å². The van der Waals surface area contributed by atoms with Crippen molar-refractivity contribution in [1.82, 2.24) is 9.97 Å². The summed E-state index contributed by atoms with van der Waals surface area (Å²) in [5.74, 6) is 0.649. The maximum atomic E-state index is 4.83. The van der Waals surface area contributed by atoms with Gasteiger partial charge < -0.3 is 5.32 Å². The molecule has 0 aliphatic rings. The van der Waals surface area contributed by atoms with Crippen molar-refractivity contribution in [1.29, 1.82) is 0 Å². The van der Waals surface area contributed by atoms with Crippen LogP contribution in [-0.4, -0.2) is 16.5 Å². The molecule has 0 radical (unpaired) electrons. The van der Waals surface area contributed by atoms with Gasteiger partial charge in [0.2, 0.25) is 0 Å². The van der Waals surface area contributed by atoms with Gasteiger partial charge in [-0.05, 0) is 19.3 Å². The minimum atomic E-state index is 0.649. The van der Waals surface area contributed by atoms with Crippen LogP contribution >= 0.6 is 22.7 Å². The number of anilines is 1. The van der Waals surface area contributed by atoms with E-state index in [0.717, 1.165) is 36.6 Å². The highest BCUT2D eigenvalue weighted by molar-refractivity contribution is 7.16. The number of aromatic nitrogens is 2. The molecule has 2 aromatic rings. The van der Waals surface area contributed by atoms with Gasteiger partial charge in [-0.1, -0.05) is 27.2 Å². The average molecular weight is 310 g/mol. The van der Waals surface area contributed by atoms with Gasteiger partial charge in [-0.15, -0.1) is 22.7 Å². The lowest BCUT2D eigenvalue weighted by atomic mass is 10.1. The predicted molar refractivity (Wildman–Crippen MR) is 89.9 cm³/mol. The second-order valence-electron chi connectivity index (χ2n) is 5.30. The van der Waals surface area contributed by atoms with Gasteiger partial charge in [0.1, 0.15) is 0 Å². The molecule has 0 unspecified atom stereocenters. The van der Waals surface area contributed by atoms with E-state index in [2.05, 4.69) is 43.4 Å². The molecule has 0 bridgehead atoms. The van der Waals surface area contributed by atoms with E-state index >= 15 is 0 Å². The summed E-state index contributed by atoms with van der Waals surface area (Å²) >= 11 is 3.49. The van der Waals surface area contributed by atoms with Crippen molar-refractivity contribution in [2.24, 2.45) is 5.92 Å². The third-order valence-corrected chi connectivity index (χ3v) is 4.82. The summed E-state index contributed by atoms with van der Waals surface area (Å²) in [6.07, 6.45) is 3.23. The molecule has 0 atom stereocenters. The smallest absolute Gasteiger partial charge is 0.183 e. The highest BCUT2D eigenvalue weighted by Gasteiger charge is 2.15. The third kappa shape index (κ3) is 3.79. The zero-order chi connectivity index (χ0) is 14.5. The Morgan fingerprint density at radius 2 is 2.05 bits per heavy atom. The van der Waals surface area contributed by atoms with Gasteiger partial charge in [0, 0.05) is 18.3 Å². The van der Waals surface area contributed by atoms with Gasteiger partial charge in [0.25, 0.3) is 0 Å². The molecule has 0 amide bonds. The van der Waals surface area contributed by atoms with Crippen molar-refractivity contribution in [2.75, 3.05) is 11.9 Å². The molecule has 0 aliphatic heterocycles. The first-order valence-electron chi connectivity index (χ1n) is 7.32. The number of thiazole rings is 2. The molecule has 0 aliphatic carbocycles. The third-order valence-electron chi connectivity index (χ3n) is 2.88. The monoisotopic (exact) mass is 309 g/mol. The fourth-order valence-electron chi connectivity index (χ4n) is 2.05. The maximum Gasteiger partial charge on any atom is 0.183 e. The van der Waals surface area contributed by atoms with E-state index in [9.17, 15) is 0 Å². The number of rotatable bonds is 7. The van der Waals surface area contributed by atoms with Crippen molar-refractivity contribution in [3.05, 3.63) is 16.1 Å². The molecule has 1 N–H and O–H groups in total. The number of hydrogen-bond acceptors (Lipinski definition) is 5. The Hall–Kier alpha value is -0.940. The van der Waals surface area contributed by atoms with E-state index < -0.39 is 0 Å². The van der Waals surface area contributed by atoms with Crippen LogP contribution in [0.5, 0.6) is 0 Å². The molecule has 0 saturated carbocycles. The van der Waals surface area contributed by atoms with Gasteiger partial charge in [0.15, 0.2) is 5.13 Å². The molecule has 2 rings (SSSR count). The lowest BCUT2D eigenvalue weighted by molar-refractivity contribution is 0.642. The minimum Gasteiger partial charge on any atom is -0.362 e. The summed E-state index contributed by atoms with van der Waals surface area (Å²) in [6.45, 7) is 9.70. The lowest BCUT2D eigenvalue weighted by Gasteiger charge is -1.98. The minimum absolute atomic E-state index is 0.649. The lowest BCUT2D eigenvalue weighted by Crippen LogP contribution is -1.95. The van der Waals surface area contributed by atoms with Crippen molar-refractivity contribution in [2.45, 2.75) is 47.0 Å². The van der Waals surface area contributed by atoms with Crippen LogP contribution in [0.2, 0.25) is 0 Å². The zero-order valence-electron chi connectivity index (χ0n) is 12.7. The first kappa shape index (κ1) is 15.4. The molecular formula is C15H23N3S2. The Kier molecular flexibility index (Phi) is 5.54. The Balaban J connectivity index is 2.29. The summed E-state index contributed by atoms with van der Waals surface area (Å²) in [5, 5.41) is 7.67. The quantitative estimate of drug-likeness (QED) is 0.794. The fourth-order valence-corrected chi connectivity index (χ4v) is 4.18. The van der Waals surface area contributed by atoms with Crippen molar-refractivity contribution >= 4 is 27.8 Å². The van der Waals surface area contributed by atoms with E-state index in [4.69, 9.17) is 4.98 Å². The van der Waals surface area contributed by atoms with Gasteiger partial charge in [-0.2, -0.15) is 0 Å². The molecule has 0 spiro atoms. The van der Waals surface area contributed by atoms with Gasteiger partial charge in [0.05, 0.1) is 21.3 Å². The van der Waals surface area contributed by atoms with Crippen LogP contribution < -0.4 is 5.32 Å². The summed E-state index contributed by atoms with van der Waals surface area (Å²) in [4.78, 5) is 10.8. The fraction of sp³-hybridized carbons (Fsp3) is 0.600. The second-order valence-corrected chi connectivity index (χ2v) is 7.24. The highest BCUT2D eigenvalue weighted by Crippen LogP contribution is 2.34. The number of aryl methyl sites for hydroxylation is 1. The van der Waals surface area contributed by atoms with E-state index in [1.165, 1.54) is 15.6 Å². The number of hydrogen-bond donors (Lipinski definition) is 1. The van der Waals surface area contributed by atoms with E-state index in [0.29, 0.717) is 5.92 Å². The van der Waals surface area contributed by atoms with Crippen LogP contribution in [0.4, 0.5) is 5.13 Å². The molecular weight excluding hydrogens is 286 g/mol. The topological polar surface area (TPSA) is 37.8 Å². The molecule has 2 aromatic heterocycles. The Bertz CT molecular complexity index is 543. The first-order chi connectivity index (χ1) is 9.63. The summed E-state index contributed by atoms with van der Waals surface area (Å²) in [7, 11) is 0. The number of nitrogens with one attached hydrogen (secondary N) is 1. The second kappa shape index (κ2) is 7.18. The summed E-state index contributed by atoms with van der Waals surface area (Å²) in [5.41, 5.74) is 2.31. The summed E-state index contributed by atoms with van der Waals surface area (Å²) < 4.78 is 0. The zero-order valence-corrected chi connectivity index (χ0v) is 14.3. The van der Waals surface area contributed by atoms with Crippen LogP contribution in [0.15, 0.2) is 5.38 Å². The van der Waals surface area contributed by atoms with Crippen molar-refractivity contribution in [3.8, 4) is 10.6 Å². The molecule has 0 aromatic carbocycles. The predicted octanol–water partition coefficient (Wildman–Crippen LogP) is 4.85. The van der Waals surface area contributed by atoms with Crippen LogP contribution in [0.1, 0.15) is 44.8 Å². The Morgan fingerprint density at radius 3 is 2.70 bits per heavy atom. The Morgan fingerprint density at radius 1 is 1.25 bits per heavy atom. The number of nitrogens with zero attached hydrogens (tertiary/aromatic N) is 2. The van der Waals surface area contributed by atoms with Gasteiger partial charge in [-0.3, -0.25) is 0 Å². The SMILES string of the molecule is CCCc1nc(CC(C)C)sc1-c1csc(NCC)n1. The van der Waals surface area contributed by atoms with E-state index in [1.54, 1.807) is 11.3 Å². The highest BCUT2D eigenvalue weighted by atomic mass is 32.1. The van der Waals surface area contributed by atoms with Gasteiger partial charge >= 0.3 is 0 Å².